The molecule has 0 atom stereocenters. The van der Waals surface area contributed by atoms with Crippen LogP contribution in [-0.4, -0.2) is 37.4 Å². The van der Waals surface area contributed by atoms with Gasteiger partial charge in [0.1, 0.15) is 0 Å². The van der Waals surface area contributed by atoms with Crippen LogP contribution in [0.1, 0.15) is 17.3 Å². The summed E-state index contributed by atoms with van der Waals surface area (Å²) < 4.78 is 0. The zero-order chi connectivity index (χ0) is 15.0. The van der Waals surface area contributed by atoms with Crippen LogP contribution >= 0.6 is 12.4 Å². The van der Waals surface area contributed by atoms with E-state index in [-0.39, 0.29) is 37.3 Å². The first kappa shape index (κ1) is 18.9. The van der Waals surface area contributed by atoms with E-state index >= 15 is 0 Å². The third-order valence-corrected chi connectivity index (χ3v) is 2.40. The van der Waals surface area contributed by atoms with E-state index in [0.717, 1.165) is 0 Å². The number of rotatable bonds is 6. The average Bonchev–Trinajstić information content (AvgIpc) is 2.45. The second-order valence-electron chi connectivity index (χ2n) is 3.97. The predicted octanol–water partition coefficient (Wildman–Crippen LogP) is -0.128. The summed E-state index contributed by atoms with van der Waals surface area (Å²) >= 11 is 0. The maximum Gasteiger partial charge on any atom is 0.251 e. The molecule has 5 N–H and O–H groups in total. The van der Waals surface area contributed by atoms with Crippen molar-refractivity contribution in [2.24, 2.45) is 5.73 Å². The smallest absolute Gasteiger partial charge is 0.251 e. The molecule has 0 fully saturated rings. The van der Waals surface area contributed by atoms with E-state index in [1.165, 1.54) is 0 Å². The molecule has 21 heavy (non-hydrogen) atoms. The van der Waals surface area contributed by atoms with Crippen molar-refractivity contribution < 1.29 is 14.4 Å². The van der Waals surface area contributed by atoms with Gasteiger partial charge in [-0.25, -0.2) is 0 Å². The van der Waals surface area contributed by atoms with Crippen molar-refractivity contribution in [2.75, 3.05) is 25.0 Å². The van der Waals surface area contributed by atoms with Crippen LogP contribution in [0.25, 0.3) is 0 Å². The first-order valence-corrected chi connectivity index (χ1v) is 6.21. The molecule has 116 valence electrons. The molecule has 0 aliphatic carbocycles. The first-order valence-electron chi connectivity index (χ1n) is 6.21. The number of amides is 3. The molecule has 1 aromatic rings. The summed E-state index contributed by atoms with van der Waals surface area (Å²) in [6.07, 6.45) is 0. The van der Waals surface area contributed by atoms with Crippen molar-refractivity contribution in [3.8, 4) is 0 Å². The van der Waals surface area contributed by atoms with Crippen LogP contribution in [0, 0.1) is 0 Å². The SMILES string of the molecule is CCNC(=O)c1ccc(NC(=O)CNC(=O)CN)cc1.Cl. The Bertz CT molecular complexity index is 491. The van der Waals surface area contributed by atoms with Gasteiger partial charge in [0, 0.05) is 17.8 Å². The zero-order valence-electron chi connectivity index (χ0n) is 11.6. The van der Waals surface area contributed by atoms with Crippen molar-refractivity contribution in [3.05, 3.63) is 29.8 Å². The van der Waals surface area contributed by atoms with Gasteiger partial charge in [-0.3, -0.25) is 14.4 Å². The Morgan fingerprint density at radius 1 is 1.05 bits per heavy atom. The van der Waals surface area contributed by atoms with E-state index in [9.17, 15) is 14.4 Å². The molecule has 8 heteroatoms. The number of hydrogen-bond acceptors (Lipinski definition) is 4. The van der Waals surface area contributed by atoms with Gasteiger partial charge in [-0.1, -0.05) is 0 Å². The van der Waals surface area contributed by atoms with Gasteiger partial charge in [-0.2, -0.15) is 0 Å². The topological polar surface area (TPSA) is 113 Å². The normalized spacial score (nSPS) is 9.24. The van der Waals surface area contributed by atoms with Gasteiger partial charge >= 0.3 is 0 Å². The fourth-order valence-electron chi connectivity index (χ4n) is 1.42. The summed E-state index contributed by atoms with van der Waals surface area (Å²) in [6, 6.07) is 6.46. The zero-order valence-corrected chi connectivity index (χ0v) is 12.5. The van der Waals surface area contributed by atoms with Crippen LogP contribution in [0.3, 0.4) is 0 Å². The number of nitrogens with two attached hydrogens (primary N) is 1. The Hall–Kier alpha value is -2.12. The quantitative estimate of drug-likeness (QED) is 0.586. The number of anilines is 1. The van der Waals surface area contributed by atoms with Crippen LogP contribution < -0.4 is 21.7 Å². The van der Waals surface area contributed by atoms with Crippen LogP contribution in [0.2, 0.25) is 0 Å². The fraction of sp³-hybridized carbons (Fsp3) is 0.308. The summed E-state index contributed by atoms with van der Waals surface area (Å²) in [5.74, 6) is -0.926. The lowest BCUT2D eigenvalue weighted by molar-refractivity contribution is -0.123. The summed E-state index contributed by atoms with van der Waals surface area (Å²) in [5.41, 5.74) is 6.16. The fourth-order valence-corrected chi connectivity index (χ4v) is 1.42. The number of benzene rings is 1. The van der Waals surface area contributed by atoms with Crippen LogP contribution in [0.5, 0.6) is 0 Å². The first-order chi connectivity index (χ1) is 9.56. The minimum Gasteiger partial charge on any atom is -0.352 e. The largest absolute Gasteiger partial charge is 0.352 e. The highest BCUT2D eigenvalue weighted by Crippen LogP contribution is 2.09. The molecule has 1 rings (SSSR count). The minimum atomic E-state index is -0.397. The second-order valence-corrected chi connectivity index (χ2v) is 3.97. The molecule has 3 amide bonds. The van der Waals surface area contributed by atoms with Crippen molar-refractivity contribution in [1.82, 2.24) is 10.6 Å². The Labute approximate surface area is 129 Å². The second kappa shape index (κ2) is 9.73. The van der Waals surface area contributed by atoms with E-state index < -0.39 is 5.91 Å². The number of carbonyl (C=O) groups is 3. The molecule has 1 aromatic carbocycles. The molecule has 0 aliphatic rings. The summed E-state index contributed by atoms with van der Waals surface area (Å²) in [6.45, 7) is 2.09. The molecule has 0 radical (unpaired) electrons. The molecule has 0 aliphatic heterocycles. The standard InChI is InChI=1S/C13H18N4O3.ClH/c1-2-15-13(20)9-3-5-10(6-4-9)17-12(19)8-16-11(18)7-14;/h3-6H,2,7-8,14H2,1H3,(H,15,20)(H,16,18)(H,17,19);1H. The van der Waals surface area contributed by atoms with Crippen LogP contribution in [-0.2, 0) is 9.59 Å². The van der Waals surface area contributed by atoms with Crippen molar-refractivity contribution in [2.45, 2.75) is 6.92 Å². The monoisotopic (exact) mass is 314 g/mol. The van der Waals surface area contributed by atoms with Gasteiger partial charge in [0.05, 0.1) is 13.1 Å². The van der Waals surface area contributed by atoms with Gasteiger partial charge in [-0.15, -0.1) is 12.4 Å². The molecular weight excluding hydrogens is 296 g/mol. The Morgan fingerprint density at radius 2 is 1.67 bits per heavy atom. The van der Waals surface area contributed by atoms with Gasteiger partial charge in [0.2, 0.25) is 11.8 Å². The molecule has 0 bridgehead atoms. The molecular formula is C13H19ClN4O3. The summed E-state index contributed by atoms with van der Waals surface area (Å²) in [5, 5.41) is 7.63. The van der Waals surface area contributed by atoms with E-state index in [1.807, 2.05) is 6.92 Å². The maximum absolute atomic E-state index is 11.5. The van der Waals surface area contributed by atoms with Gasteiger partial charge < -0.3 is 21.7 Å². The lowest BCUT2D eigenvalue weighted by Gasteiger charge is -2.07. The predicted molar refractivity (Wildman–Crippen MR) is 82.4 cm³/mol. The van der Waals surface area contributed by atoms with Gasteiger partial charge in [-0.05, 0) is 31.2 Å². The highest BCUT2D eigenvalue weighted by molar-refractivity contribution is 5.97. The molecule has 7 nitrogen and oxygen atoms in total. The van der Waals surface area contributed by atoms with Crippen molar-refractivity contribution >= 4 is 35.8 Å². The van der Waals surface area contributed by atoms with E-state index in [2.05, 4.69) is 16.0 Å². The Morgan fingerprint density at radius 3 is 2.19 bits per heavy atom. The van der Waals surface area contributed by atoms with E-state index in [1.54, 1.807) is 24.3 Å². The third-order valence-electron chi connectivity index (χ3n) is 2.40. The molecule has 0 saturated heterocycles. The van der Waals surface area contributed by atoms with Gasteiger partial charge in [0.25, 0.3) is 5.91 Å². The number of hydrogen-bond donors (Lipinski definition) is 4. The van der Waals surface area contributed by atoms with Crippen molar-refractivity contribution in [1.29, 1.82) is 0 Å². The maximum atomic E-state index is 11.5. The highest BCUT2D eigenvalue weighted by Gasteiger charge is 2.06. The van der Waals surface area contributed by atoms with Gasteiger partial charge in [0.15, 0.2) is 0 Å². The van der Waals surface area contributed by atoms with E-state index in [0.29, 0.717) is 17.8 Å². The van der Waals surface area contributed by atoms with Crippen molar-refractivity contribution in [3.63, 3.8) is 0 Å². The molecule has 0 unspecified atom stereocenters. The number of halogens is 1. The molecule has 0 saturated carbocycles. The minimum absolute atomic E-state index is 0. The summed E-state index contributed by atoms with van der Waals surface area (Å²) in [4.78, 5) is 33.9. The Kier molecular flexibility index (Phi) is 8.75. The van der Waals surface area contributed by atoms with Crippen LogP contribution in [0.4, 0.5) is 5.69 Å². The lowest BCUT2D eigenvalue weighted by atomic mass is 10.2. The number of nitrogens with one attached hydrogen (secondary N) is 3. The summed E-state index contributed by atoms with van der Waals surface area (Å²) in [7, 11) is 0. The third kappa shape index (κ3) is 6.73. The highest BCUT2D eigenvalue weighted by atomic mass is 35.5. The van der Waals surface area contributed by atoms with E-state index in [4.69, 9.17) is 5.73 Å². The molecule has 0 heterocycles. The average molecular weight is 315 g/mol. The molecule has 0 aromatic heterocycles. The number of carbonyl (C=O) groups excluding carboxylic acids is 3. The Balaban J connectivity index is 0.00000400. The lowest BCUT2D eigenvalue weighted by Crippen LogP contribution is -2.36. The molecule has 0 spiro atoms. The van der Waals surface area contributed by atoms with Crippen LogP contribution in [0.15, 0.2) is 24.3 Å².